The van der Waals surface area contributed by atoms with Crippen molar-refractivity contribution in [2.75, 3.05) is 31.8 Å². The van der Waals surface area contributed by atoms with Crippen molar-refractivity contribution in [2.24, 2.45) is 0 Å². The molecular formula is C12H25ClN2O2S. The standard InChI is InChI=1S/C12H25ClN2O2S/c1-15(12-6-3-2-4-7-12)10-5-9-14-18(16,17)11-8-13/h12,14H,2-11H2,1H3. The van der Waals surface area contributed by atoms with Crippen LogP contribution in [0.25, 0.3) is 0 Å². The minimum Gasteiger partial charge on any atom is -0.303 e. The molecule has 0 radical (unpaired) electrons. The van der Waals surface area contributed by atoms with Gasteiger partial charge in [0.1, 0.15) is 0 Å². The Balaban J connectivity index is 2.13. The summed E-state index contributed by atoms with van der Waals surface area (Å²) >= 11 is 5.42. The molecule has 0 aromatic carbocycles. The Kier molecular flexibility index (Phi) is 7.53. The van der Waals surface area contributed by atoms with Crippen LogP contribution in [0, 0.1) is 0 Å². The van der Waals surface area contributed by atoms with E-state index >= 15 is 0 Å². The van der Waals surface area contributed by atoms with Crippen molar-refractivity contribution in [3.63, 3.8) is 0 Å². The minimum absolute atomic E-state index is 0.00696. The third-order valence-corrected chi connectivity index (χ3v) is 5.35. The fraction of sp³-hybridized carbons (Fsp3) is 1.00. The number of sulfonamides is 1. The molecule has 1 aliphatic rings. The molecule has 0 bridgehead atoms. The molecule has 4 nitrogen and oxygen atoms in total. The summed E-state index contributed by atoms with van der Waals surface area (Å²) < 4.78 is 25.3. The van der Waals surface area contributed by atoms with Crippen molar-refractivity contribution in [1.29, 1.82) is 0 Å². The van der Waals surface area contributed by atoms with Crippen LogP contribution < -0.4 is 4.72 Å². The molecular weight excluding hydrogens is 272 g/mol. The van der Waals surface area contributed by atoms with Crippen molar-refractivity contribution in [3.8, 4) is 0 Å². The molecule has 6 heteroatoms. The molecule has 108 valence electrons. The molecule has 0 aromatic rings. The Morgan fingerprint density at radius 1 is 1.28 bits per heavy atom. The van der Waals surface area contributed by atoms with Crippen LogP contribution in [-0.2, 0) is 10.0 Å². The van der Waals surface area contributed by atoms with Crippen molar-refractivity contribution in [1.82, 2.24) is 9.62 Å². The summed E-state index contributed by atoms with van der Waals surface area (Å²) in [7, 11) is -1.01. The van der Waals surface area contributed by atoms with Crippen LogP contribution in [0.15, 0.2) is 0 Å². The van der Waals surface area contributed by atoms with Crippen molar-refractivity contribution in [3.05, 3.63) is 0 Å². The third-order valence-electron chi connectivity index (χ3n) is 3.55. The van der Waals surface area contributed by atoms with Crippen molar-refractivity contribution in [2.45, 2.75) is 44.6 Å². The SMILES string of the molecule is CN(CCCNS(=O)(=O)CCCl)C1CCCCC1. The van der Waals surface area contributed by atoms with E-state index in [2.05, 4.69) is 16.7 Å². The molecule has 1 aliphatic carbocycles. The zero-order valence-electron chi connectivity index (χ0n) is 11.2. The highest BCUT2D eigenvalue weighted by molar-refractivity contribution is 7.89. The summed E-state index contributed by atoms with van der Waals surface area (Å²) in [4.78, 5) is 2.37. The van der Waals surface area contributed by atoms with Crippen LogP contribution in [0.4, 0.5) is 0 Å². The number of nitrogens with zero attached hydrogens (tertiary/aromatic N) is 1. The van der Waals surface area contributed by atoms with Gasteiger partial charge in [0.2, 0.25) is 10.0 Å². The molecule has 1 N–H and O–H groups in total. The van der Waals surface area contributed by atoms with Gasteiger partial charge in [-0.2, -0.15) is 0 Å². The van der Waals surface area contributed by atoms with Gasteiger partial charge in [0.15, 0.2) is 0 Å². The highest BCUT2D eigenvalue weighted by Crippen LogP contribution is 2.21. The Hall–Kier alpha value is 0.160. The second-order valence-electron chi connectivity index (χ2n) is 5.03. The molecule has 0 heterocycles. The lowest BCUT2D eigenvalue weighted by Crippen LogP contribution is -2.36. The van der Waals surface area contributed by atoms with Gasteiger partial charge in [-0.3, -0.25) is 0 Å². The average Bonchev–Trinajstić information content (AvgIpc) is 2.35. The first-order valence-corrected chi connectivity index (χ1v) is 8.97. The number of hydrogen-bond acceptors (Lipinski definition) is 3. The fourth-order valence-electron chi connectivity index (χ4n) is 2.43. The topological polar surface area (TPSA) is 49.4 Å². The normalized spacial score (nSPS) is 18.4. The van der Waals surface area contributed by atoms with E-state index in [1.165, 1.54) is 32.1 Å². The summed E-state index contributed by atoms with van der Waals surface area (Å²) in [5.74, 6) is 0.157. The molecule has 0 aromatic heterocycles. The summed E-state index contributed by atoms with van der Waals surface area (Å²) in [6.45, 7) is 1.46. The van der Waals surface area contributed by atoms with E-state index in [4.69, 9.17) is 11.6 Å². The smallest absolute Gasteiger partial charge is 0.212 e. The van der Waals surface area contributed by atoms with Crippen molar-refractivity contribution < 1.29 is 8.42 Å². The summed E-state index contributed by atoms with van der Waals surface area (Å²) in [6.07, 6.45) is 7.45. The Labute approximate surface area is 116 Å². The van der Waals surface area contributed by atoms with Crippen molar-refractivity contribution >= 4 is 21.6 Å². The van der Waals surface area contributed by atoms with E-state index in [1.54, 1.807) is 0 Å². The average molecular weight is 297 g/mol. The van der Waals surface area contributed by atoms with Gasteiger partial charge in [0.05, 0.1) is 5.75 Å². The highest BCUT2D eigenvalue weighted by Gasteiger charge is 2.17. The molecule has 0 unspecified atom stereocenters. The molecule has 0 atom stereocenters. The first kappa shape index (κ1) is 16.2. The van der Waals surface area contributed by atoms with E-state index in [1.807, 2.05) is 0 Å². The second kappa shape index (κ2) is 8.35. The number of alkyl halides is 1. The van der Waals surface area contributed by atoms with Crippen LogP contribution >= 0.6 is 11.6 Å². The Bertz CT molecular complexity index is 316. The second-order valence-corrected chi connectivity index (χ2v) is 7.33. The first-order valence-electron chi connectivity index (χ1n) is 6.79. The Morgan fingerprint density at radius 2 is 1.94 bits per heavy atom. The summed E-state index contributed by atoms with van der Waals surface area (Å²) in [5.41, 5.74) is 0. The molecule has 0 spiro atoms. The first-order chi connectivity index (χ1) is 8.55. The van der Waals surface area contributed by atoms with Crippen LogP contribution in [0.5, 0.6) is 0 Å². The molecule has 18 heavy (non-hydrogen) atoms. The minimum atomic E-state index is -3.15. The van der Waals surface area contributed by atoms with Gasteiger partial charge in [0, 0.05) is 18.5 Å². The maximum Gasteiger partial charge on any atom is 0.212 e. The van der Waals surface area contributed by atoms with Crippen LogP contribution in [0.1, 0.15) is 38.5 Å². The number of rotatable bonds is 8. The predicted molar refractivity (Wildman–Crippen MR) is 76.6 cm³/mol. The predicted octanol–water partition coefficient (Wildman–Crippen LogP) is 1.80. The lowest BCUT2D eigenvalue weighted by Gasteiger charge is -2.31. The highest BCUT2D eigenvalue weighted by atomic mass is 35.5. The van der Waals surface area contributed by atoms with E-state index < -0.39 is 10.0 Å². The molecule has 1 saturated carbocycles. The maximum absolute atomic E-state index is 11.4. The molecule has 0 amide bonds. The van der Waals surface area contributed by atoms with E-state index in [0.29, 0.717) is 12.6 Å². The van der Waals surface area contributed by atoms with Gasteiger partial charge >= 0.3 is 0 Å². The Morgan fingerprint density at radius 3 is 2.56 bits per heavy atom. The van der Waals surface area contributed by atoms with Gasteiger partial charge in [-0.1, -0.05) is 19.3 Å². The quantitative estimate of drug-likeness (QED) is 0.549. The largest absolute Gasteiger partial charge is 0.303 e. The summed E-state index contributed by atoms with van der Waals surface area (Å²) in [5, 5.41) is 0. The maximum atomic E-state index is 11.4. The van der Waals surface area contributed by atoms with Crippen LogP contribution in [0.3, 0.4) is 0 Å². The third kappa shape index (κ3) is 6.36. The molecule has 1 fully saturated rings. The van der Waals surface area contributed by atoms with Gasteiger partial charge < -0.3 is 4.90 Å². The van der Waals surface area contributed by atoms with Gasteiger partial charge in [-0.15, -0.1) is 11.6 Å². The lowest BCUT2D eigenvalue weighted by atomic mass is 9.94. The van der Waals surface area contributed by atoms with E-state index in [0.717, 1.165) is 13.0 Å². The van der Waals surface area contributed by atoms with Crippen LogP contribution in [-0.4, -0.2) is 51.1 Å². The lowest BCUT2D eigenvalue weighted by molar-refractivity contribution is 0.190. The molecule has 0 saturated heterocycles. The van der Waals surface area contributed by atoms with E-state index in [-0.39, 0.29) is 11.6 Å². The van der Waals surface area contributed by atoms with Gasteiger partial charge in [-0.25, -0.2) is 13.1 Å². The van der Waals surface area contributed by atoms with Gasteiger partial charge in [-0.05, 0) is 32.9 Å². The zero-order valence-corrected chi connectivity index (χ0v) is 12.8. The number of halogens is 1. The molecule has 0 aliphatic heterocycles. The van der Waals surface area contributed by atoms with Crippen LogP contribution in [0.2, 0.25) is 0 Å². The number of nitrogens with one attached hydrogen (secondary N) is 1. The van der Waals surface area contributed by atoms with Gasteiger partial charge in [0.25, 0.3) is 0 Å². The zero-order chi connectivity index (χ0) is 13.4. The monoisotopic (exact) mass is 296 g/mol. The number of hydrogen-bond donors (Lipinski definition) is 1. The molecule has 1 rings (SSSR count). The van der Waals surface area contributed by atoms with E-state index in [9.17, 15) is 8.42 Å². The fourth-order valence-corrected chi connectivity index (χ4v) is 3.85. The summed E-state index contributed by atoms with van der Waals surface area (Å²) in [6, 6.07) is 0.693.